The Balaban J connectivity index is 2.12. The number of nitrogen functional groups attached to an aromatic ring is 1. The van der Waals surface area contributed by atoms with Gasteiger partial charge in [-0.15, -0.1) is 0 Å². The number of anilines is 2. The van der Waals surface area contributed by atoms with Crippen molar-refractivity contribution >= 4 is 22.7 Å². The molecule has 1 atom stereocenters. The van der Waals surface area contributed by atoms with Gasteiger partial charge in [0.25, 0.3) is 0 Å². The number of hydrazine groups is 1. The SMILES string of the molecule is CC1CCCCCN1c1nc(NN)nc2ccccc12. The van der Waals surface area contributed by atoms with E-state index in [0.29, 0.717) is 12.0 Å². The van der Waals surface area contributed by atoms with E-state index in [1.165, 1.54) is 25.7 Å². The van der Waals surface area contributed by atoms with Gasteiger partial charge in [-0.05, 0) is 31.9 Å². The minimum absolute atomic E-state index is 0.482. The van der Waals surface area contributed by atoms with Gasteiger partial charge in [-0.3, -0.25) is 5.43 Å². The van der Waals surface area contributed by atoms with Crippen LogP contribution in [0.1, 0.15) is 32.6 Å². The quantitative estimate of drug-likeness (QED) is 0.649. The van der Waals surface area contributed by atoms with Crippen molar-refractivity contribution in [1.29, 1.82) is 0 Å². The van der Waals surface area contributed by atoms with Crippen LogP contribution in [-0.4, -0.2) is 22.6 Å². The smallest absolute Gasteiger partial charge is 0.239 e. The van der Waals surface area contributed by atoms with Crippen LogP contribution in [0.3, 0.4) is 0 Å². The topological polar surface area (TPSA) is 67.1 Å². The fraction of sp³-hybridized carbons (Fsp3) is 0.467. The molecule has 1 aliphatic heterocycles. The van der Waals surface area contributed by atoms with E-state index in [2.05, 4.69) is 33.3 Å². The van der Waals surface area contributed by atoms with Crippen LogP contribution < -0.4 is 16.2 Å². The first-order valence-corrected chi connectivity index (χ1v) is 7.29. The van der Waals surface area contributed by atoms with Crippen molar-refractivity contribution in [3.63, 3.8) is 0 Å². The number of para-hydroxylation sites is 1. The Kier molecular flexibility index (Phi) is 3.69. The molecule has 1 aromatic carbocycles. The predicted octanol–water partition coefficient (Wildman–Crippen LogP) is 2.68. The maximum absolute atomic E-state index is 5.51. The average Bonchev–Trinajstić information content (AvgIpc) is 2.70. The molecule has 1 aromatic heterocycles. The van der Waals surface area contributed by atoms with E-state index in [0.717, 1.165) is 23.3 Å². The first-order chi connectivity index (χ1) is 9.79. The highest BCUT2D eigenvalue weighted by atomic mass is 15.3. The lowest BCUT2D eigenvalue weighted by Crippen LogP contribution is -2.33. The van der Waals surface area contributed by atoms with Crippen LogP contribution in [0.5, 0.6) is 0 Å². The van der Waals surface area contributed by atoms with Crippen molar-refractivity contribution in [2.24, 2.45) is 5.84 Å². The Bertz CT molecular complexity index is 598. The molecule has 1 saturated heterocycles. The number of nitrogens with one attached hydrogen (secondary N) is 1. The Morgan fingerprint density at radius 1 is 1.20 bits per heavy atom. The number of hydrogen-bond donors (Lipinski definition) is 2. The lowest BCUT2D eigenvalue weighted by Gasteiger charge is -2.29. The third kappa shape index (κ3) is 2.41. The summed E-state index contributed by atoms with van der Waals surface area (Å²) in [4.78, 5) is 11.4. The summed E-state index contributed by atoms with van der Waals surface area (Å²) in [6, 6.07) is 8.62. The molecule has 2 heterocycles. The number of aromatic nitrogens is 2. The average molecular weight is 271 g/mol. The zero-order valence-corrected chi connectivity index (χ0v) is 11.8. The molecule has 1 unspecified atom stereocenters. The van der Waals surface area contributed by atoms with Gasteiger partial charge in [0.2, 0.25) is 5.95 Å². The second-order valence-electron chi connectivity index (χ2n) is 5.42. The number of benzene rings is 1. The van der Waals surface area contributed by atoms with E-state index < -0.39 is 0 Å². The monoisotopic (exact) mass is 271 g/mol. The van der Waals surface area contributed by atoms with Crippen molar-refractivity contribution in [1.82, 2.24) is 9.97 Å². The lowest BCUT2D eigenvalue weighted by molar-refractivity contribution is 0.612. The molecule has 0 spiro atoms. The Morgan fingerprint density at radius 2 is 2.05 bits per heavy atom. The third-order valence-corrected chi connectivity index (χ3v) is 4.04. The minimum Gasteiger partial charge on any atom is -0.353 e. The Morgan fingerprint density at radius 3 is 2.90 bits per heavy atom. The van der Waals surface area contributed by atoms with Gasteiger partial charge in [-0.2, -0.15) is 4.98 Å². The molecule has 0 amide bonds. The highest BCUT2D eigenvalue weighted by Crippen LogP contribution is 2.29. The van der Waals surface area contributed by atoms with Gasteiger partial charge in [0.05, 0.1) is 5.52 Å². The van der Waals surface area contributed by atoms with E-state index in [9.17, 15) is 0 Å². The van der Waals surface area contributed by atoms with Gasteiger partial charge in [0, 0.05) is 18.0 Å². The molecule has 1 fully saturated rings. The molecule has 3 rings (SSSR count). The summed E-state index contributed by atoms with van der Waals surface area (Å²) in [6.45, 7) is 3.32. The Hall–Kier alpha value is -1.88. The van der Waals surface area contributed by atoms with Crippen LogP contribution in [0, 0.1) is 0 Å². The summed E-state index contributed by atoms with van der Waals surface area (Å²) in [7, 11) is 0. The van der Waals surface area contributed by atoms with Gasteiger partial charge in [0.1, 0.15) is 5.82 Å². The molecule has 2 aromatic rings. The molecule has 0 saturated carbocycles. The van der Waals surface area contributed by atoms with Gasteiger partial charge in [0.15, 0.2) is 0 Å². The number of nitrogens with two attached hydrogens (primary N) is 1. The van der Waals surface area contributed by atoms with Gasteiger partial charge < -0.3 is 4.90 Å². The Labute approximate surface area is 119 Å². The molecular weight excluding hydrogens is 250 g/mol. The summed E-state index contributed by atoms with van der Waals surface area (Å²) in [5, 5.41) is 1.10. The third-order valence-electron chi connectivity index (χ3n) is 4.04. The zero-order chi connectivity index (χ0) is 13.9. The summed E-state index contributed by atoms with van der Waals surface area (Å²) >= 11 is 0. The molecule has 0 radical (unpaired) electrons. The molecule has 3 N–H and O–H groups in total. The summed E-state index contributed by atoms with van der Waals surface area (Å²) in [5.41, 5.74) is 3.51. The van der Waals surface area contributed by atoms with Gasteiger partial charge in [-0.1, -0.05) is 25.0 Å². The molecule has 0 bridgehead atoms. The number of fused-ring (bicyclic) bond motifs is 1. The normalized spacial score (nSPS) is 19.9. The van der Waals surface area contributed by atoms with Crippen LogP contribution in [-0.2, 0) is 0 Å². The van der Waals surface area contributed by atoms with Crippen molar-refractivity contribution < 1.29 is 0 Å². The van der Waals surface area contributed by atoms with Crippen LogP contribution in [0.2, 0.25) is 0 Å². The first-order valence-electron chi connectivity index (χ1n) is 7.29. The molecule has 5 heteroatoms. The second kappa shape index (κ2) is 5.63. The van der Waals surface area contributed by atoms with E-state index >= 15 is 0 Å². The number of nitrogens with zero attached hydrogens (tertiary/aromatic N) is 3. The molecular formula is C15H21N5. The summed E-state index contributed by atoms with van der Waals surface area (Å²) in [5.74, 6) is 6.99. The second-order valence-corrected chi connectivity index (χ2v) is 5.42. The molecule has 106 valence electrons. The minimum atomic E-state index is 0.482. The molecule has 20 heavy (non-hydrogen) atoms. The van der Waals surface area contributed by atoms with Gasteiger partial charge >= 0.3 is 0 Å². The lowest BCUT2D eigenvalue weighted by atomic mass is 10.1. The van der Waals surface area contributed by atoms with E-state index in [1.54, 1.807) is 0 Å². The number of hydrogen-bond acceptors (Lipinski definition) is 5. The van der Waals surface area contributed by atoms with Crippen LogP contribution in [0.25, 0.3) is 10.9 Å². The largest absolute Gasteiger partial charge is 0.353 e. The fourth-order valence-electron chi connectivity index (χ4n) is 2.93. The molecule has 1 aliphatic rings. The molecule has 5 nitrogen and oxygen atoms in total. The van der Waals surface area contributed by atoms with Crippen LogP contribution in [0.4, 0.5) is 11.8 Å². The highest BCUT2D eigenvalue weighted by Gasteiger charge is 2.21. The fourth-order valence-corrected chi connectivity index (χ4v) is 2.93. The van der Waals surface area contributed by atoms with E-state index in [-0.39, 0.29) is 0 Å². The van der Waals surface area contributed by atoms with Crippen LogP contribution >= 0.6 is 0 Å². The zero-order valence-electron chi connectivity index (χ0n) is 11.8. The highest BCUT2D eigenvalue weighted by molar-refractivity contribution is 5.90. The van der Waals surface area contributed by atoms with Crippen molar-refractivity contribution in [3.8, 4) is 0 Å². The van der Waals surface area contributed by atoms with E-state index in [1.807, 2.05) is 18.2 Å². The van der Waals surface area contributed by atoms with Crippen LogP contribution in [0.15, 0.2) is 24.3 Å². The van der Waals surface area contributed by atoms with E-state index in [4.69, 9.17) is 5.84 Å². The standard InChI is InChI=1S/C15H21N5/c1-11-7-3-2-6-10-20(11)14-12-8-4-5-9-13(12)17-15(18-14)19-16/h4-5,8-9,11H,2-3,6-7,10,16H2,1H3,(H,17,18,19). The maximum Gasteiger partial charge on any atom is 0.239 e. The van der Waals surface area contributed by atoms with Crippen molar-refractivity contribution in [3.05, 3.63) is 24.3 Å². The number of rotatable bonds is 2. The molecule has 0 aliphatic carbocycles. The summed E-state index contributed by atoms with van der Waals surface area (Å²) in [6.07, 6.45) is 5.02. The first kappa shape index (κ1) is 13.1. The van der Waals surface area contributed by atoms with Crippen molar-refractivity contribution in [2.75, 3.05) is 16.9 Å². The van der Waals surface area contributed by atoms with Crippen molar-refractivity contribution in [2.45, 2.75) is 38.6 Å². The maximum atomic E-state index is 5.51. The predicted molar refractivity (Wildman–Crippen MR) is 82.6 cm³/mol. The summed E-state index contributed by atoms with van der Waals surface area (Å²) < 4.78 is 0. The van der Waals surface area contributed by atoms with Gasteiger partial charge in [-0.25, -0.2) is 10.8 Å².